The van der Waals surface area contributed by atoms with Crippen LogP contribution in [0.5, 0.6) is 0 Å². The first-order valence-electron chi connectivity index (χ1n) is 6.82. The van der Waals surface area contributed by atoms with Crippen LogP contribution in [-0.4, -0.2) is 9.97 Å². The van der Waals surface area contributed by atoms with Crippen molar-refractivity contribution in [2.45, 2.75) is 25.8 Å². The molecule has 0 spiro atoms. The third-order valence-electron chi connectivity index (χ3n) is 3.03. The number of nitrogens with zero attached hydrogens (tertiary/aromatic N) is 2. The molecule has 1 aromatic carbocycles. The highest BCUT2D eigenvalue weighted by Crippen LogP contribution is 2.33. The van der Waals surface area contributed by atoms with E-state index in [-0.39, 0.29) is 0 Å². The quantitative estimate of drug-likeness (QED) is 0.898. The first kappa shape index (κ1) is 17.3. The van der Waals surface area contributed by atoms with Crippen molar-refractivity contribution in [2.75, 3.05) is 0 Å². The lowest BCUT2D eigenvalue weighted by Crippen LogP contribution is -2.04. The second-order valence-corrected chi connectivity index (χ2v) is 5.97. The molecular weight excluding hydrogens is 323 g/mol. The topological polar surface area (TPSA) is 51.8 Å². The van der Waals surface area contributed by atoms with E-state index in [2.05, 4.69) is 9.97 Å². The Morgan fingerprint density at radius 2 is 1.83 bits per heavy atom. The molecule has 0 radical (unpaired) electrons. The monoisotopic (exact) mass is 339 g/mol. The Morgan fingerprint density at radius 1 is 1.17 bits per heavy atom. The lowest BCUT2D eigenvalue weighted by atomic mass is 10.1. The van der Waals surface area contributed by atoms with Gasteiger partial charge in [0.05, 0.1) is 16.2 Å². The Morgan fingerprint density at radius 3 is 2.35 bits per heavy atom. The molecule has 0 saturated heterocycles. The second-order valence-electron chi connectivity index (χ2n) is 4.98. The van der Waals surface area contributed by atoms with Gasteiger partial charge in [-0.1, -0.05) is 12.1 Å². The average Bonchev–Trinajstić information content (AvgIpc) is 2.47. The minimum atomic E-state index is -4.32. The number of nitrogens with two attached hydrogens (primary N) is 1. The van der Waals surface area contributed by atoms with Gasteiger partial charge in [-0.25, -0.2) is 9.97 Å². The number of alkyl halides is 3. The highest BCUT2D eigenvalue weighted by Gasteiger charge is 2.29. The van der Waals surface area contributed by atoms with Gasteiger partial charge in [-0.15, -0.1) is 11.8 Å². The first-order valence-corrected chi connectivity index (χ1v) is 7.81. The van der Waals surface area contributed by atoms with Gasteiger partial charge in [0.2, 0.25) is 0 Å². The highest BCUT2D eigenvalue weighted by molar-refractivity contribution is 8.07. The molecule has 0 aliphatic rings. The maximum atomic E-state index is 12.6. The van der Waals surface area contributed by atoms with E-state index in [0.717, 1.165) is 28.3 Å². The van der Waals surface area contributed by atoms with Crippen LogP contribution in [0, 0.1) is 6.92 Å². The summed E-state index contributed by atoms with van der Waals surface area (Å²) in [5, 5.41) is 0. The Kier molecular flexibility index (Phi) is 5.30. The Hall–Kier alpha value is -2.02. The molecular formula is C16H16F3N3S. The molecule has 0 amide bonds. The Labute approximate surface area is 136 Å². The maximum Gasteiger partial charge on any atom is 0.416 e. The van der Waals surface area contributed by atoms with E-state index in [9.17, 15) is 13.2 Å². The molecule has 0 aliphatic carbocycles. The predicted molar refractivity (Wildman–Crippen MR) is 86.3 cm³/mol. The zero-order valence-electron chi connectivity index (χ0n) is 12.7. The number of rotatable bonds is 4. The molecule has 2 rings (SSSR count). The number of hydrogen-bond acceptors (Lipinski definition) is 4. The molecule has 3 nitrogen and oxygen atoms in total. The Bertz CT molecular complexity index is 705. The smallest absolute Gasteiger partial charge is 0.401 e. The lowest BCUT2D eigenvalue weighted by molar-refractivity contribution is -0.137. The summed E-state index contributed by atoms with van der Waals surface area (Å²) >= 11 is 1.44. The number of aromatic nitrogens is 2. The van der Waals surface area contributed by atoms with Crippen LogP contribution in [0.4, 0.5) is 13.2 Å². The van der Waals surface area contributed by atoms with Crippen molar-refractivity contribution in [3.63, 3.8) is 0 Å². The summed E-state index contributed by atoms with van der Waals surface area (Å²) in [5.74, 6) is 1.14. The predicted octanol–water partition coefficient (Wildman–Crippen LogP) is 4.38. The minimum Gasteiger partial charge on any atom is -0.401 e. The Balaban J connectivity index is 2.13. The summed E-state index contributed by atoms with van der Waals surface area (Å²) < 4.78 is 37.7. The van der Waals surface area contributed by atoms with Crippen LogP contribution in [0.25, 0.3) is 4.91 Å². The number of aryl methyl sites for hydroxylation is 1. The van der Waals surface area contributed by atoms with Crippen molar-refractivity contribution in [1.82, 2.24) is 9.97 Å². The van der Waals surface area contributed by atoms with Crippen LogP contribution in [0.15, 0.2) is 42.2 Å². The molecule has 2 aromatic rings. The molecule has 0 atom stereocenters. The summed E-state index contributed by atoms with van der Waals surface area (Å²) in [6.45, 7) is 3.56. The molecule has 7 heteroatoms. The zero-order valence-corrected chi connectivity index (χ0v) is 13.5. The summed E-state index contributed by atoms with van der Waals surface area (Å²) in [4.78, 5) is 9.18. The fourth-order valence-corrected chi connectivity index (χ4v) is 2.91. The number of benzene rings is 1. The van der Waals surface area contributed by atoms with Gasteiger partial charge in [0.25, 0.3) is 0 Å². The van der Waals surface area contributed by atoms with Crippen LogP contribution >= 0.6 is 11.8 Å². The standard InChI is InChI=1S/C16H16F3N3S/c1-10(20)15(14-7-8-21-11(2)22-14)23-9-12-3-5-13(6-4-12)16(17,18)19/h3-8H,9,20H2,1-2H3/b15-10-. The highest BCUT2D eigenvalue weighted by atomic mass is 32.2. The van der Waals surface area contributed by atoms with Crippen LogP contribution in [-0.2, 0) is 11.9 Å². The normalized spacial score (nSPS) is 12.9. The molecule has 1 heterocycles. The third-order valence-corrected chi connectivity index (χ3v) is 4.33. The van der Waals surface area contributed by atoms with Crippen molar-refractivity contribution in [3.05, 3.63) is 64.9 Å². The molecule has 122 valence electrons. The average molecular weight is 339 g/mol. The van der Waals surface area contributed by atoms with Gasteiger partial charge in [-0.05, 0) is 37.6 Å². The fourth-order valence-electron chi connectivity index (χ4n) is 1.92. The van der Waals surface area contributed by atoms with Crippen molar-refractivity contribution in [3.8, 4) is 0 Å². The SMILES string of the molecule is C/C(N)=C(/SCc1ccc(C(F)(F)F)cc1)c1ccnc(C)n1. The summed E-state index contributed by atoms with van der Waals surface area (Å²) in [5.41, 5.74) is 7.38. The number of allylic oxidation sites excluding steroid dienone is 1. The van der Waals surface area contributed by atoms with Crippen molar-refractivity contribution in [1.29, 1.82) is 0 Å². The fraction of sp³-hybridized carbons (Fsp3) is 0.250. The molecule has 2 N–H and O–H groups in total. The van der Waals surface area contributed by atoms with E-state index in [1.807, 2.05) is 0 Å². The molecule has 0 aliphatic heterocycles. The van der Waals surface area contributed by atoms with E-state index < -0.39 is 11.7 Å². The number of halogens is 3. The summed E-state index contributed by atoms with van der Waals surface area (Å²) in [6, 6.07) is 6.89. The van der Waals surface area contributed by atoms with Gasteiger partial charge in [0.1, 0.15) is 5.82 Å². The van der Waals surface area contributed by atoms with Crippen molar-refractivity contribution >= 4 is 16.7 Å². The van der Waals surface area contributed by atoms with Gasteiger partial charge < -0.3 is 5.73 Å². The minimum absolute atomic E-state index is 0.505. The van der Waals surface area contributed by atoms with Crippen molar-refractivity contribution < 1.29 is 13.2 Å². The number of hydrogen-bond donors (Lipinski definition) is 1. The van der Waals surface area contributed by atoms with Crippen LogP contribution in [0.1, 0.15) is 29.6 Å². The largest absolute Gasteiger partial charge is 0.416 e. The summed E-state index contributed by atoms with van der Waals surface area (Å²) in [6.07, 6.45) is -2.66. The zero-order chi connectivity index (χ0) is 17.0. The van der Waals surface area contributed by atoms with E-state index in [1.54, 1.807) is 26.1 Å². The first-order chi connectivity index (χ1) is 10.8. The molecule has 0 bridgehead atoms. The number of thioether (sulfide) groups is 1. The van der Waals surface area contributed by atoms with Gasteiger partial charge in [0, 0.05) is 17.6 Å². The van der Waals surface area contributed by atoms with Crippen LogP contribution in [0.2, 0.25) is 0 Å². The lowest BCUT2D eigenvalue weighted by Gasteiger charge is -2.10. The van der Waals surface area contributed by atoms with Gasteiger partial charge >= 0.3 is 6.18 Å². The molecule has 0 fully saturated rings. The van der Waals surface area contributed by atoms with Crippen LogP contribution in [0.3, 0.4) is 0 Å². The van der Waals surface area contributed by atoms with Gasteiger partial charge in [-0.2, -0.15) is 13.2 Å². The van der Waals surface area contributed by atoms with Crippen molar-refractivity contribution in [2.24, 2.45) is 5.73 Å². The molecule has 0 unspecified atom stereocenters. The molecule has 0 saturated carbocycles. The van der Waals surface area contributed by atoms with Crippen LogP contribution < -0.4 is 5.73 Å². The molecule has 23 heavy (non-hydrogen) atoms. The van der Waals surface area contributed by atoms with E-state index in [1.165, 1.54) is 23.9 Å². The second kappa shape index (κ2) is 7.04. The van der Waals surface area contributed by atoms with E-state index in [0.29, 0.717) is 17.3 Å². The van der Waals surface area contributed by atoms with Gasteiger partial charge in [-0.3, -0.25) is 0 Å². The van der Waals surface area contributed by atoms with Gasteiger partial charge in [0.15, 0.2) is 0 Å². The summed E-state index contributed by atoms with van der Waals surface area (Å²) in [7, 11) is 0. The maximum absolute atomic E-state index is 12.6. The van der Waals surface area contributed by atoms with E-state index >= 15 is 0 Å². The molecule has 1 aromatic heterocycles. The third kappa shape index (κ3) is 4.72. The van der Waals surface area contributed by atoms with E-state index in [4.69, 9.17) is 5.73 Å².